The summed E-state index contributed by atoms with van der Waals surface area (Å²) in [5.41, 5.74) is 4.20. The van der Waals surface area contributed by atoms with Crippen LogP contribution in [0.15, 0.2) is 0 Å². The molecule has 1 fully saturated rings. The molecule has 1 unspecified atom stereocenters. The molecule has 0 saturated carbocycles. The summed E-state index contributed by atoms with van der Waals surface area (Å²) in [5, 5.41) is 87.9. The van der Waals surface area contributed by atoms with Crippen molar-refractivity contribution >= 4 is 314 Å². The smallest absolute Gasteiger partial charge is 0.329 e. The maximum absolute atomic E-state index is 15.8. The van der Waals surface area contributed by atoms with Crippen molar-refractivity contribution in [3.05, 3.63) is 22.3 Å². The van der Waals surface area contributed by atoms with Gasteiger partial charge in [0.05, 0.1) is 22.4 Å². The molecular weight excluding hydrogens is 859 g/mol. The Labute approximate surface area is 379 Å². The zero-order valence-corrected chi connectivity index (χ0v) is 35.8. The first-order chi connectivity index (χ1) is 34.2. The fourth-order valence-electron chi connectivity index (χ4n) is 25.0. The van der Waals surface area contributed by atoms with Gasteiger partial charge in [-0.15, -0.1) is 0 Å². The molecular formula is C65H7NO2S. The fraction of sp³-hybridized carbons (Fsp3) is 0.0769. The summed E-state index contributed by atoms with van der Waals surface area (Å²) in [6.45, 7) is 2.33. The minimum atomic E-state index is -0.818. The van der Waals surface area contributed by atoms with E-state index >= 15 is 4.79 Å². The topological polar surface area (TPSA) is 38.3 Å². The van der Waals surface area contributed by atoms with E-state index in [1.807, 2.05) is 6.92 Å². The predicted octanol–water partition coefficient (Wildman–Crippen LogP) is 16.2. The van der Waals surface area contributed by atoms with E-state index in [0.717, 1.165) is 4.99 Å². The van der Waals surface area contributed by atoms with Crippen molar-refractivity contribution < 1.29 is 9.53 Å². The van der Waals surface area contributed by atoms with Gasteiger partial charge in [-0.1, -0.05) is 12.2 Å². The van der Waals surface area contributed by atoms with Crippen LogP contribution < -0.4 is 5.32 Å². The molecule has 0 bridgehead atoms. The molecule has 1 atom stereocenters. The van der Waals surface area contributed by atoms with Crippen molar-refractivity contribution in [2.75, 3.05) is 6.61 Å². The Bertz CT molecular complexity index is 7050. The van der Waals surface area contributed by atoms with Gasteiger partial charge < -0.3 is 10.1 Å². The molecule has 1 heterocycles. The van der Waals surface area contributed by atoms with Gasteiger partial charge in [0.1, 0.15) is 6.04 Å². The zero-order valence-electron chi connectivity index (χ0n) is 35.0. The highest BCUT2D eigenvalue weighted by molar-refractivity contribution is 7.80. The third-order valence-corrected chi connectivity index (χ3v) is 25.4. The Morgan fingerprint density at radius 1 is 0.333 bits per heavy atom. The Hall–Kier alpha value is -8.18. The van der Waals surface area contributed by atoms with E-state index in [9.17, 15) is 0 Å². The quantitative estimate of drug-likeness (QED) is 0.107. The number of carbonyl (C=O) groups is 1. The van der Waals surface area contributed by atoms with Crippen molar-refractivity contribution in [1.29, 1.82) is 0 Å². The van der Waals surface area contributed by atoms with E-state index in [1.54, 1.807) is 194 Å². The van der Waals surface area contributed by atoms with Gasteiger partial charge in [-0.25, -0.2) is 4.79 Å². The number of esters is 1. The second-order valence-electron chi connectivity index (χ2n) is 25.0. The van der Waals surface area contributed by atoms with Crippen LogP contribution in [0.5, 0.6) is 0 Å². The molecule has 69 heavy (non-hydrogen) atoms. The first-order valence-corrected chi connectivity index (χ1v) is 25.9. The lowest BCUT2D eigenvalue weighted by molar-refractivity contribution is -0.146. The van der Waals surface area contributed by atoms with Crippen LogP contribution >= 0.6 is 12.2 Å². The monoisotopic (exact) mass is 865 g/mol. The molecule has 28 aromatic rings. The summed E-state index contributed by atoms with van der Waals surface area (Å²) < 4.78 is 6.46. The molecule has 2 spiro atoms. The van der Waals surface area contributed by atoms with Crippen LogP contribution in [0.3, 0.4) is 0 Å². The molecule has 28 aromatic carbocycles. The van der Waals surface area contributed by atoms with Gasteiger partial charge in [0.15, 0.2) is 0 Å². The minimum absolute atomic E-state index is 0.144. The highest BCUT2D eigenvalue weighted by atomic mass is 32.1. The summed E-state index contributed by atoms with van der Waals surface area (Å²) in [5.74, 6) is -0.144. The van der Waals surface area contributed by atoms with E-state index in [2.05, 4.69) is 5.32 Å². The Morgan fingerprint density at radius 3 is 0.696 bits per heavy atom. The van der Waals surface area contributed by atoms with Crippen molar-refractivity contribution in [3.63, 3.8) is 0 Å². The van der Waals surface area contributed by atoms with Crippen molar-refractivity contribution in [1.82, 2.24) is 5.32 Å². The number of ether oxygens (including phenoxy) is 1. The van der Waals surface area contributed by atoms with Gasteiger partial charge in [-0.2, -0.15) is 0 Å². The van der Waals surface area contributed by atoms with E-state index in [4.69, 9.17) is 17.0 Å². The van der Waals surface area contributed by atoms with Crippen LogP contribution in [0, 0.1) is 0 Å². The van der Waals surface area contributed by atoms with Gasteiger partial charge >= 0.3 is 5.97 Å². The summed E-state index contributed by atoms with van der Waals surface area (Å²) in [7, 11) is 0. The normalized spacial score (nSPS) is 23.7. The van der Waals surface area contributed by atoms with Crippen LogP contribution in [0.2, 0.25) is 0 Å². The average Bonchev–Trinajstić information content (AvgIpc) is 4.20. The average molecular weight is 866 g/mol. The Kier molecular flexibility index (Phi) is 2.15. The molecule has 3 nitrogen and oxygen atoms in total. The number of thiocarbonyl (C=S) groups is 1. The second kappa shape index (κ2) is 5.74. The van der Waals surface area contributed by atoms with Crippen LogP contribution in [0.1, 0.15) is 29.2 Å². The lowest BCUT2D eigenvalue weighted by atomic mass is 9.48. The van der Waals surface area contributed by atoms with E-state index in [-0.39, 0.29) is 5.97 Å². The zero-order chi connectivity index (χ0) is 41.3. The highest BCUT2D eigenvalue weighted by Gasteiger charge is 2.78. The maximum Gasteiger partial charge on any atom is 0.329 e. The molecule has 4 aliphatic carbocycles. The van der Waals surface area contributed by atoms with Crippen LogP contribution in [0.25, 0.3) is 291 Å². The standard InChI is InChI=1S/C65H7NO2S/c1-2-68-62(67)61-64-57-49-41-31-21-13-5-3-4-7-11-9(5)17-25-19(11)29-23-15(7)16-8(4)12-10-6(3)14(13)22-28-18(10)26-20(12)30-24(16)34-33(23)43-37(29)47-39(25)45(35(41)27(17)21)51(57)53(47)59-55(43)56-44(34)38(30)48-40(26)46-36(28)42(32(22)31)50(49)58(64)52(46)54(48)60(56)65(59,64)63(69)66-61/h61H,2H2,1H3,(H,66,69). The second-order valence-corrected chi connectivity index (χ2v) is 25.4. The molecule has 290 valence electrons. The van der Waals surface area contributed by atoms with E-state index in [1.165, 1.54) is 119 Å². The molecule has 0 radical (unpaired) electrons. The van der Waals surface area contributed by atoms with Crippen LogP contribution in [-0.4, -0.2) is 23.6 Å². The largest absolute Gasteiger partial charge is 0.464 e. The lowest BCUT2D eigenvalue weighted by Gasteiger charge is -2.50. The first kappa shape index (κ1) is 25.8. The summed E-state index contributed by atoms with van der Waals surface area (Å²) >= 11 is 7.29. The lowest BCUT2D eigenvalue weighted by Crippen LogP contribution is -2.57. The molecule has 33 rings (SSSR count). The maximum atomic E-state index is 15.8. The molecule has 0 amide bonds. The summed E-state index contributed by atoms with van der Waals surface area (Å²) in [4.78, 5) is 16.6. The van der Waals surface area contributed by atoms with Gasteiger partial charge in [-0.3, -0.25) is 0 Å². The molecule has 1 saturated heterocycles. The molecule has 4 heteroatoms. The van der Waals surface area contributed by atoms with Crippen molar-refractivity contribution in [3.8, 4) is 0 Å². The first-order valence-electron chi connectivity index (χ1n) is 25.5. The molecule has 5 aliphatic rings. The highest BCUT2D eigenvalue weighted by Crippen LogP contribution is 2.85. The van der Waals surface area contributed by atoms with Crippen molar-refractivity contribution in [2.45, 2.75) is 23.8 Å². The molecule has 0 aromatic heterocycles. The van der Waals surface area contributed by atoms with Gasteiger partial charge in [0.2, 0.25) is 0 Å². The summed E-state index contributed by atoms with van der Waals surface area (Å²) in [6, 6.07) is -0.666. The third kappa shape index (κ3) is 1.33. The fourth-order valence-corrected chi connectivity index (χ4v) is 25.5. The van der Waals surface area contributed by atoms with Gasteiger partial charge in [-0.05, 0) is 320 Å². The molecule has 1 aliphatic heterocycles. The van der Waals surface area contributed by atoms with Crippen LogP contribution in [0.4, 0.5) is 0 Å². The number of hydrogen-bond donors (Lipinski definition) is 1. The van der Waals surface area contributed by atoms with Crippen molar-refractivity contribution in [2.24, 2.45) is 0 Å². The minimum Gasteiger partial charge on any atom is -0.464 e. The summed E-state index contributed by atoms with van der Waals surface area (Å²) in [6.07, 6.45) is 0. The van der Waals surface area contributed by atoms with E-state index in [0.29, 0.717) is 6.61 Å². The SMILES string of the molecule is CCOC(=O)C1NC(=S)C23c4c5c6c7c8c9c(c%10c%11c2c2c4c4c%12c5c5c6c6c8c8c%13c9c9c%10c%10c%11c%11c2c2c4c4c%12c%12c5c5c6c8c6c8c%13c9c9c%10c%10c%11c2c2c4c4c%12c5c6c5c8c9c%10c2c45)C713. The number of carbonyl (C=O) groups excluding carboxylic acids is 1. The van der Waals surface area contributed by atoms with E-state index < -0.39 is 16.9 Å². The number of rotatable bonds is 2. The number of hydrogen-bond acceptors (Lipinski definition) is 3. The number of nitrogens with one attached hydrogen (secondary N) is 1. The Morgan fingerprint density at radius 2 is 0.507 bits per heavy atom. The van der Waals surface area contributed by atoms with Gasteiger partial charge in [0, 0.05) is 0 Å². The van der Waals surface area contributed by atoms with Gasteiger partial charge in [0.25, 0.3) is 0 Å². The Balaban J connectivity index is 1.22. The third-order valence-electron chi connectivity index (χ3n) is 25.0. The van der Waals surface area contributed by atoms with Crippen LogP contribution in [-0.2, 0) is 20.4 Å². The molecule has 1 N–H and O–H groups in total. The number of benzene rings is 18. The predicted molar refractivity (Wildman–Crippen MR) is 290 cm³/mol.